The molecule has 0 fully saturated rings. The second kappa shape index (κ2) is 4.77. The van der Waals surface area contributed by atoms with Gasteiger partial charge in [0.2, 0.25) is 0 Å². The van der Waals surface area contributed by atoms with Gasteiger partial charge in [-0.2, -0.15) is 0 Å². The first-order chi connectivity index (χ1) is 7.83. The summed E-state index contributed by atoms with van der Waals surface area (Å²) in [4.78, 5) is 4.33. The van der Waals surface area contributed by atoms with Gasteiger partial charge in [-0.3, -0.25) is 4.98 Å². The fourth-order valence-electron chi connectivity index (χ4n) is 1.82. The van der Waals surface area contributed by atoms with Crippen molar-refractivity contribution in [1.29, 1.82) is 0 Å². The molecule has 0 amide bonds. The summed E-state index contributed by atoms with van der Waals surface area (Å²) in [7, 11) is 0. The number of rotatable bonds is 3. The smallest absolute Gasteiger partial charge is 0.0491 e. The third kappa shape index (κ3) is 2.04. The van der Waals surface area contributed by atoms with E-state index in [0.29, 0.717) is 6.54 Å². The predicted molar refractivity (Wildman–Crippen MR) is 66.0 cm³/mol. The third-order valence-corrected chi connectivity index (χ3v) is 2.65. The molecule has 0 saturated heterocycles. The maximum absolute atomic E-state index is 5.95. The molecule has 1 heterocycles. The van der Waals surface area contributed by atoms with Gasteiger partial charge in [0, 0.05) is 30.0 Å². The highest BCUT2D eigenvalue weighted by Gasteiger charge is 2.15. The van der Waals surface area contributed by atoms with Gasteiger partial charge in [0.25, 0.3) is 0 Å². The molecule has 1 unspecified atom stereocenters. The van der Waals surface area contributed by atoms with Gasteiger partial charge in [-0.1, -0.05) is 24.3 Å². The molecule has 0 aliphatic rings. The van der Waals surface area contributed by atoms with Crippen molar-refractivity contribution in [3.05, 3.63) is 59.9 Å². The Morgan fingerprint density at radius 3 is 2.44 bits per heavy atom. The lowest BCUT2D eigenvalue weighted by atomic mass is 9.94. The molecule has 3 heteroatoms. The van der Waals surface area contributed by atoms with Crippen LogP contribution in [-0.4, -0.2) is 11.5 Å². The van der Waals surface area contributed by atoms with Crippen molar-refractivity contribution in [2.24, 2.45) is 5.73 Å². The van der Waals surface area contributed by atoms with Gasteiger partial charge in [-0.05, 0) is 23.8 Å². The minimum absolute atomic E-state index is 0.0717. The molecule has 0 saturated carbocycles. The Balaban J connectivity index is 2.41. The summed E-state index contributed by atoms with van der Waals surface area (Å²) < 4.78 is 0. The maximum atomic E-state index is 5.95. The first kappa shape index (κ1) is 10.6. The number of hydrogen-bond acceptors (Lipinski definition) is 3. The lowest BCUT2D eigenvalue weighted by molar-refractivity contribution is 0.789. The zero-order valence-corrected chi connectivity index (χ0v) is 9.01. The van der Waals surface area contributed by atoms with Gasteiger partial charge >= 0.3 is 0 Å². The number of benzene rings is 1. The molecule has 0 aliphatic carbocycles. The lowest BCUT2D eigenvalue weighted by Crippen LogP contribution is -2.16. The van der Waals surface area contributed by atoms with Crippen LogP contribution in [0.5, 0.6) is 0 Å². The fraction of sp³-hybridized carbons (Fsp3) is 0.154. The molecule has 16 heavy (non-hydrogen) atoms. The number of para-hydroxylation sites is 1. The molecule has 0 aliphatic heterocycles. The van der Waals surface area contributed by atoms with Crippen molar-refractivity contribution in [2.75, 3.05) is 12.3 Å². The number of aromatic nitrogens is 1. The molecule has 2 aromatic rings. The molecule has 0 bridgehead atoms. The van der Waals surface area contributed by atoms with E-state index < -0.39 is 0 Å². The summed E-state index contributed by atoms with van der Waals surface area (Å²) in [6, 6.07) is 13.6. The van der Waals surface area contributed by atoms with Gasteiger partial charge < -0.3 is 11.5 Å². The van der Waals surface area contributed by atoms with E-state index in [9.17, 15) is 0 Å². The largest absolute Gasteiger partial charge is 0.398 e. The first-order valence-electron chi connectivity index (χ1n) is 5.28. The van der Waals surface area contributed by atoms with Crippen LogP contribution in [0.25, 0.3) is 0 Å². The number of nitrogens with zero attached hydrogens (tertiary/aromatic N) is 1. The SMILES string of the molecule is NCC(c1ccccn1)c1ccccc1N. The Morgan fingerprint density at radius 1 is 1.06 bits per heavy atom. The van der Waals surface area contributed by atoms with Crippen LogP contribution in [0, 0.1) is 0 Å². The standard InChI is InChI=1S/C13H15N3/c14-9-11(13-7-3-4-8-16-13)10-5-1-2-6-12(10)15/h1-8,11H,9,14-15H2. The minimum Gasteiger partial charge on any atom is -0.398 e. The van der Waals surface area contributed by atoms with Crippen LogP contribution >= 0.6 is 0 Å². The zero-order valence-electron chi connectivity index (χ0n) is 9.01. The summed E-state index contributed by atoms with van der Waals surface area (Å²) >= 11 is 0. The molecule has 3 nitrogen and oxygen atoms in total. The van der Waals surface area contributed by atoms with E-state index in [2.05, 4.69) is 4.98 Å². The highest BCUT2D eigenvalue weighted by molar-refractivity contribution is 5.50. The highest BCUT2D eigenvalue weighted by atomic mass is 14.7. The Morgan fingerprint density at radius 2 is 1.81 bits per heavy atom. The van der Waals surface area contributed by atoms with E-state index in [-0.39, 0.29) is 5.92 Å². The van der Waals surface area contributed by atoms with Crippen LogP contribution in [0.3, 0.4) is 0 Å². The molecular weight excluding hydrogens is 198 g/mol. The van der Waals surface area contributed by atoms with Crippen LogP contribution in [0.1, 0.15) is 17.2 Å². The Hall–Kier alpha value is -1.87. The first-order valence-corrected chi connectivity index (χ1v) is 5.28. The van der Waals surface area contributed by atoms with E-state index in [1.807, 2.05) is 42.5 Å². The second-order valence-corrected chi connectivity index (χ2v) is 3.67. The molecule has 0 radical (unpaired) electrons. The van der Waals surface area contributed by atoms with Gasteiger partial charge in [0.05, 0.1) is 0 Å². The van der Waals surface area contributed by atoms with Gasteiger partial charge in [0.1, 0.15) is 0 Å². The van der Waals surface area contributed by atoms with E-state index in [4.69, 9.17) is 11.5 Å². The van der Waals surface area contributed by atoms with Crippen molar-refractivity contribution in [3.63, 3.8) is 0 Å². The summed E-state index contributed by atoms with van der Waals surface area (Å²) in [6.07, 6.45) is 1.77. The Labute approximate surface area is 95.1 Å². The molecule has 4 N–H and O–H groups in total. The van der Waals surface area contributed by atoms with E-state index in [1.54, 1.807) is 6.20 Å². The number of anilines is 1. The molecule has 0 spiro atoms. The molecule has 1 aromatic heterocycles. The van der Waals surface area contributed by atoms with E-state index in [1.165, 1.54) is 0 Å². The van der Waals surface area contributed by atoms with E-state index >= 15 is 0 Å². The summed E-state index contributed by atoms with van der Waals surface area (Å²) in [6.45, 7) is 0.505. The summed E-state index contributed by atoms with van der Waals surface area (Å²) in [5, 5.41) is 0. The predicted octanol–water partition coefficient (Wildman–Crippen LogP) is 1.75. The molecule has 1 atom stereocenters. The molecule has 1 aromatic carbocycles. The lowest BCUT2D eigenvalue weighted by Gasteiger charge is -2.16. The van der Waals surface area contributed by atoms with Crippen molar-refractivity contribution in [2.45, 2.75) is 5.92 Å². The second-order valence-electron chi connectivity index (χ2n) is 3.67. The number of nitrogen functional groups attached to an aromatic ring is 1. The number of hydrogen-bond donors (Lipinski definition) is 2. The minimum atomic E-state index is 0.0717. The molecule has 82 valence electrons. The average Bonchev–Trinajstić information content (AvgIpc) is 2.34. The van der Waals surface area contributed by atoms with Crippen molar-refractivity contribution >= 4 is 5.69 Å². The summed E-state index contributed by atoms with van der Waals surface area (Å²) in [5.74, 6) is 0.0717. The fourth-order valence-corrected chi connectivity index (χ4v) is 1.82. The van der Waals surface area contributed by atoms with Crippen LogP contribution < -0.4 is 11.5 Å². The topological polar surface area (TPSA) is 64.9 Å². The van der Waals surface area contributed by atoms with Crippen molar-refractivity contribution in [1.82, 2.24) is 4.98 Å². The van der Waals surface area contributed by atoms with Crippen molar-refractivity contribution in [3.8, 4) is 0 Å². The van der Waals surface area contributed by atoms with E-state index in [0.717, 1.165) is 16.9 Å². The Bertz CT molecular complexity index is 454. The highest BCUT2D eigenvalue weighted by Crippen LogP contribution is 2.26. The van der Waals surface area contributed by atoms with Crippen LogP contribution in [-0.2, 0) is 0 Å². The zero-order chi connectivity index (χ0) is 11.4. The Kier molecular flexibility index (Phi) is 3.17. The van der Waals surface area contributed by atoms with Gasteiger partial charge in [-0.25, -0.2) is 0 Å². The number of nitrogens with two attached hydrogens (primary N) is 2. The maximum Gasteiger partial charge on any atom is 0.0491 e. The summed E-state index contributed by atoms with van der Waals surface area (Å²) in [5.41, 5.74) is 14.5. The van der Waals surface area contributed by atoms with Gasteiger partial charge in [0.15, 0.2) is 0 Å². The van der Waals surface area contributed by atoms with Crippen LogP contribution in [0.2, 0.25) is 0 Å². The van der Waals surface area contributed by atoms with Crippen LogP contribution in [0.15, 0.2) is 48.7 Å². The monoisotopic (exact) mass is 213 g/mol. The average molecular weight is 213 g/mol. The normalized spacial score (nSPS) is 12.3. The third-order valence-electron chi connectivity index (χ3n) is 2.65. The number of pyridine rings is 1. The molecule has 2 rings (SSSR count). The van der Waals surface area contributed by atoms with Crippen molar-refractivity contribution < 1.29 is 0 Å². The van der Waals surface area contributed by atoms with Crippen LogP contribution in [0.4, 0.5) is 5.69 Å². The van der Waals surface area contributed by atoms with Gasteiger partial charge in [-0.15, -0.1) is 0 Å². The molecular formula is C13H15N3. The quantitative estimate of drug-likeness (QED) is 0.763.